The van der Waals surface area contributed by atoms with Crippen LogP contribution in [0.5, 0.6) is 0 Å². The minimum absolute atomic E-state index is 0.154. The first-order valence-corrected chi connectivity index (χ1v) is 7.33. The Hall–Kier alpha value is -1.46. The number of hydrogen-bond acceptors (Lipinski definition) is 4. The van der Waals surface area contributed by atoms with Crippen LogP contribution in [0.25, 0.3) is 0 Å². The van der Waals surface area contributed by atoms with Crippen LogP contribution in [0, 0.1) is 10.1 Å². The molecule has 0 aliphatic carbocycles. The number of nitro benzene ring substituents is 1. The lowest BCUT2D eigenvalue weighted by molar-refractivity contribution is -0.384. The van der Waals surface area contributed by atoms with Crippen molar-refractivity contribution in [1.29, 1.82) is 0 Å². The van der Waals surface area contributed by atoms with E-state index < -0.39 is 0 Å². The molecule has 20 heavy (non-hydrogen) atoms. The Kier molecular flexibility index (Phi) is 5.09. The third-order valence-corrected chi connectivity index (χ3v) is 4.16. The van der Waals surface area contributed by atoms with Crippen LogP contribution in [0.3, 0.4) is 0 Å². The number of likely N-dealkylation sites (N-methyl/N-ethyl adjacent to an activating group) is 1. The summed E-state index contributed by atoms with van der Waals surface area (Å²) in [5, 5.41) is 14.2. The summed E-state index contributed by atoms with van der Waals surface area (Å²) in [5.41, 5.74) is 1.29. The average molecular weight is 277 g/mol. The third kappa shape index (κ3) is 3.55. The highest BCUT2D eigenvalue weighted by Gasteiger charge is 2.21. The second-order valence-electron chi connectivity index (χ2n) is 5.41. The van der Waals surface area contributed by atoms with Gasteiger partial charge >= 0.3 is 0 Å². The molecule has 1 aliphatic heterocycles. The summed E-state index contributed by atoms with van der Waals surface area (Å²) >= 11 is 0. The van der Waals surface area contributed by atoms with Gasteiger partial charge in [0.05, 0.1) is 4.92 Å². The molecule has 2 atom stereocenters. The second-order valence-corrected chi connectivity index (χ2v) is 5.41. The van der Waals surface area contributed by atoms with Gasteiger partial charge in [-0.05, 0) is 38.4 Å². The van der Waals surface area contributed by atoms with Crippen LogP contribution in [0.15, 0.2) is 24.3 Å². The van der Waals surface area contributed by atoms with Crippen molar-refractivity contribution in [3.05, 3.63) is 39.9 Å². The molecule has 2 unspecified atom stereocenters. The summed E-state index contributed by atoms with van der Waals surface area (Å²) in [7, 11) is 0. The van der Waals surface area contributed by atoms with Crippen LogP contribution >= 0.6 is 0 Å². The zero-order chi connectivity index (χ0) is 14.5. The molecule has 5 heteroatoms. The first kappa shape index (κ1) is 14.9. The van der Waals surface area contributed by atoms with E-state index in [0.29, 0.717) is 6.04 Å². The average Bonchev–Trinajstić information content (AvgIpc) is 2.97. The fourth-order valence-corrected chi connectivity index (χ4v) is 2.84. The molecule has 1 aromatic carbocycles. The molecule has 0 bridgehead atoms. The van der Waals surface area contributed by atoms with Crippen molar-refractivity contribution < 1.29 is 4.92 Å². The zero-order valence-electron chi connectivity index (χ0n) is 12.2. The lowest BCUT2D eigenvalue weighted by Gasteiger charge is -2.30. The number of nitro groups is 1. The van der Waals surface area contributed by atoms with E-state index in [1.165, 1.54) is 12.8 Å². The van der Waals surface area contributed by atoms with Gasteiger partial charge in [-0.25, -0.2) is 0 Å². The van der Waals surface area contributed by atoms with Gasteiger partial charge in [0, 0.05) is 30.8 Å². The van der Waals surface area contributed by atoms with E-state index >= 15 is 0 Å². The molecule has 110 valence electrons. The topological polar surface area (TPSA) is 58.4 Å². The van der Waals surface area contributed by atoms with E-state index in [2.05, 4.69) is 24.1 Å². The smallest absolute Gasteiger partial charge is 0.269 e. The van der Waals surface area contributed by atoms with Crippen molar-refractivity contribution in [1.82, 2.24) is 10.2 Å². The van der Waals surface area contributed by atoms with E-state index in [4.69, 9.17) is 0 Å². The molecule has 0 spiro atoms. The molecule has 5 nitrogen and oxygen atoms in total. The first-order chi connectivity index (χ1) is 9.61. The Labute approximate surface area is 120 Å². The Morgan fingerprint density at radius 2 is 2.15 bits per heavy atom. The maximum absolute atomic E-state index is 10.7. The highest BCUT2D eigenvalue weighted by Crippen LogP contribution is 2.23. The van der Waals surface area contributed by atoms with Gasteiger partial charge in [0.1, 0.15) is 0 Å². The van der Waals surface area contributed by atoms with Crippen molar-refractivity contribution in [2.45, 2.75) is 38.8 Å². The molecular formula is C15H23N3O2. The molecular weight excluding hydrogens is 254 g/mol. The summed E-state index contributed by atoms with van der Waals surface area (Å²) < 4.78 is 0. The predicted molar refractivity (Wildman–Crippen MR) is 79.8 cm³/mol. The Morgan fingerprint density at radius 3 is 2.65 bits per heavy atom. The molecule has 1 aliphatic rings. The maximum Gasteiger partial charge on any atom is 0.269 e. The summed E-state index contributed by atoms with van der Waals surface area (Å²) in [6, 6.07) is 7.78. The molecule has 1 fully saturated rings. The molecule has 0 aromatic heterocycles. The van der Waals surface area contributed by atoms with Gasteiger partial charge in [0.25, 0.3) is 5.69 Å². The standard InChI is InChI=1S/C15H23N3O2/c1-3-17(11-14-5-4-10-16-14)12(2)13-6-8-15(9-7-13)18(19)20/h6-9,12,14,16H,3-5,10-11H2,1-2H3. The first-order valence-electron chi connectivity index (χ1n) is 7.33. The lowest BCUT2D eigenvalue weighted by atomic mass is 10.1. The number of nitrogens with zero attached hydrogens (tertiary/aromatic N) is 2. The molecule has 1 aromatic rings. The maximum atomic E-state index is 10.7. The summed E-state index contributed by atoms with van der Waals surface area (Å²) in [4.78, 5) is 12.8. The lowest BCUT2D eigenvalue weighted by Crippen LogP contribution is -2.38. The third-order valence-electron chi connectivity index (χ3n) is 4.16. The van der Waals surface area contributed by atoms with E-state index in [1.807, 2.05) is 12.1 Å². The van der Waals surface area contributed by atoms with Crippen LogP contribution in [-0.2, 0) is 0 Å². The van der Waals surface area contributed by atoms with Gasteiger partial charge in [-0.1, -0.05) is 19.1 Å². The summed E-state index contributed by atoms with van der Waals surface area (Å²) in [5.74, 6) is 0. The molecule has 0 amide bonds. The fraction of sp³-hybridized carbons (Fsp3) is 0.600. The van der Waals surface area contributed by atoms with Crippen molar-refractivity contribution in [3.63, 3.8) is 0 Å². The Balaban J connectivity index is 2.02. The predicted octanol–water partition coefficient (Wildman–Crippen LogP) is 2.73. The van der Waals surface area contributed by atoms with Gasteiger partial charge in [0.15, 0.2) is 0 Å². The molecule has 1 saturated heterocycles. The fourth-order valence-electron chi connectivity index (χ4n) is 2.84. The highest BCUT2D eigenvalue weighted by molar-refractivity contribution is 5.34. The Morgan fingerprint density at radius 1 is 1.45 bits per heavy atom. The van der Waals surface area contributed by atoms with Crippen molar-refractivity contribution >= 4 is 5.69 Å². The highest BCUT2D eigenvalue weighted by atomic mass is 16.6. The van der Waals surface area contributed by atoms with Crippen molar-refractivity contribution in [2.75, 3.05) is 19.6 Å². The van der Waals surface area contributed by atoms with Gasteiger partial charge < -0.3 is 5.32 Å². The van der Waals surface area contributed by atoms with Gasteiger partial charge in [0.2, 0.25) is 0 Å². The SMILES string of the molecule is CCN(CC1CCCN1)C(C)c1ccc([N+](=O)[O-])cc1. The minimum atomic E-state index is -0.353. The van der Waals surface area contributed by atoms with Gasteiger partial charge in [-0.3, -0.25) is 15.0 Å². The quantitative estimate of drug-likeness (QED) is 0.641. The minimum Gasteiger partial charge on any atom is -0.313 e. The Bertz CT molecular complexity index is 441. The second kappa shape index (κ2) is 6.81. The molecule has 0 saturated carbocycles. The zero-order valence-corrected chi connectivity index (χ0v) is 12.2. The van der Waals surface area contributed by atoms with E-state index in [9.17, 15) is 10.1 Å². The van der Waals surface area contributed by atoms with Gasteiger partial charge in [-0.2, -0.15) is 0 Å². The largest absolute Gasteiger partial charge is 0.313 e. The van der Waals surface area contributed by atoms with Crippen LogP contribution in [0.4, 0.5) is 5.69 Å². The summed E-state index contributed by atoms with van der Waals surface area (Å²) in [6.45, 7) is 7.47. The number of hydrogen-bond donors (Lipinski definition) is 1. The number of non-ortho nitro benzene ring substituents is 1. The van der Waals surface area contributed by atoms with Crippen molar-refractivity contribution in [3.8, 4) is 0 Å². The monoisotopic (exact) mass is 277 g/mol. The van der Waals surface area contributed by atoms with Crippen LogP contribution in [0.1, 0.15) is 38.3 Å². The number of benzene rings is 1. The van der Waals surface area contributed by atoms with E-state index in [0.717, 1.165) is 25.2 Å². The van der Waals surface area contributed by atoms with Crippen LogP contribution in [0.2, 0.25) is 0 Å². The number of nitrogens with one attached hydrogen (secondary N) is 1. The van der Waals surface area contributed by atoms with Gasteiger partial charge in [-0.15, -0.1) is 0 Å². The van der Waals surface area contributed by atoms with E-state index in [-0.39, 0.29) is 16.7 Å². The molecule has 2 rings (SSSR count). The normalized spacial score (nSPS) is 20.2. The van der Waals surface area contributed by atoms with Crippen LogP contribution in [-0.4, -0.2) is 35.5 Å². The van der Waals surface area contributed by atoms with E-state index in [1.54, 1.807) is 12.1 Å². The van der Waals surface area contributed by atoms with Crippen molar-refractivity contribution in [2.24, 2.45) is 0 Å². The number of rotatable bonds is 6. The molecule has 0 radical (unpaired) electrons. The van der Waals surface area contributed by atoms with Crippen LogP contribution < -0.4 is 5.32 Å². The summed E-state index contributed by atoms with van der Waals surface area (Å²) in [6.07, 6.45) is 2.50. The molecule has 1 N–H and O–H groups in total. The molecule has 1 heterocycles.